The van der Waals surface area contributed by atoms with Crippen LogP contribution in [0.15, 0.2) is 0 Å². The Morgan fingerprint density at radius 1 is 1.35 bits per heavy atom. The second kappa shape index (κ2) is 7.00. The van der Waals surface area contributed by atoms with Crippen LogP contribution in [0.4, 0.5) is 0 Å². The van der Waals surface area contributed by atoms with Gasteiger partial charge in [0.1, 0.15) is 0 Å². The maximum absolute atomic E-state index is 11.9. The fourth-order valence-electron chi connectivity index (χ4n) is 2.90. The summed E-state index contributed by atoms with van der Waals surface area (Å²) in [4.78, 5) is 11.9. The molecular weight excluding hydrogens is 212 g/mol. The number of amides is 1. The maximum atomic E-state index is 11.9. The first-order valence-corrected chi connectivity index (χ1v) is 7.06. The van der Waals surface area contributed by atoms with Crippen LogP contribution in [-0.2, 0) is 4.79 Å². The maximum Gasteiger partial charge on any atom is 0.236 e. The molecule has 17 heavy (non-hydrogen) atoms. The highest BCUT2D eigenvalue weighted by molar-refractivity contribution is 5.81. The van der Waals surface area contributed by atoms with Gasteiger partial charge in [0.15, 0.2) is 0 Å². The van der Waals surface area contributed by atoms with E-state index in [0.29, 0.717) is 12.0 Å². The minimum Gasteiger partial charge on any atom is -0.358 e. The molecule has 0 saturated heterocycles. The van der Waals surface area contributed by atoms with Gasteiger partial charge >= 0.3 is 0 Å². The van der Waals surface area contributed by atoms with Crippen LogP contribution in [0.2, 0.25) is 0 Å². The van der Waals surface area contributed by atoms with Crippen molar-refractivity contribution < 1.29 is 4.79 Å². The Morgan fingerprint density at radius 2 is 2.06 bits per heavy atom. The van der Waals surface area contributed by atoms with E-state index in [4.69, 9.17) is 0 Å². The van der Waals surface area contributed by atoms with Crippen molar-refractivity contribution >= 4 is 5.91 Å². The standard InChI is InChI=1S/C14H28N2O/c1-5-11-7-6-8-12(11)16-13(9-10(2)3)14(17)15-4/h10-13,16H,5-9H2,1-4H3,(H,15,17). The highest BCUT2D eigenvalue weighted by atomic mass is 16.2. The number of carbonyl (C=O) groups is 1. The molecule has 3 unspecified atom stereocenters. The third-order valence-electron chi connectivity index (χ3n) is 3.87. The predicted molar refractivity (Wildman–Crippen MR) is 71.9 cm³/mol. The third kappa shape index (κ3) is 4.30. The van der Waals surface area contributed by atoms with Gasteiger partial charge in [-0.1, -0.05) is 33.6 Å². The van der Waals surface area contributed by atoms with E-state index < -0.39 is 0 Å². The molecule has 3 atom stereocenters. The molecule has 1 aliphatic carbocycles. The lowest BCUT2D eigenvalue weighted by Gasteiger charge is -2.26. The molecule has 1 aliphatic rings. The van der Waals surface area contributed by atoms with Crippen LogP contribution in [0.25, 0.3) is 0 Å². The summed E-state index contributed by atoms with van der Waals surface area (Å²) in [5.74, 6) is 1.45. The molecule has 100 valence electrons. The second-order valence-corrected chi connectivity index (χ2v) is 5.67. The second-order valence-electron chi connectivity index (χ2n) is 5.67. The first kappa shape index (κ1) is 14.5. The van der Waals surface area contributed by atoms with Crippen molar-refractivity contribution in [3.05, 3.63) is 0 Å². The lowest BCUT2D eigenvalue weighted by molar-refractivity contribution is -0.123. The molecule has 0 heterocycles. The van der Waals surface area contributed by atoms with Crippen LogP contribution >= 0.6 is 0 Å². The summed E-state index contributed by atoms with van der Waals surface area (Å²) < 4.78 is 0. The van der Waals surface area contributed by atoms with Gasteiger partial charge in [-0.05, 0) is 31.1 Å². The molecule has 1 rings (SSSR count). The Bertz CT molecular complexity index is 240. The highest BCUT2D eigenvalue weighted by Crippen LogP contribution is 2.28. The zero-order valence-corrected chi connectivity index (χ0v) is 11.8. The molecule has 0 radical (unpaired) electrons. The quantitative estimate of drug-likeness (QED) is 0.748. The third-order valence-corrected chi connectivity index (χ3v) is 3.87. The molecule has 3 heteroatoms. The van der Waals surface area contributed by atoms with Crippen molar-refractivity contribution in [3.63, 3.8) is 0 Å². The van der Waals surface area contributed by atoms with Gasteiger partial charge in [0.05, 0.1) is 6.04 Å². The average molecular weight is 240 g/mol. The zero-order chi connectivity index (χ0) is 12.8. The normalized spacial score (nSPS) is 26.2. The van der Waals surface area contributed by atoms with E-state index in [1.807, 2.05) is 0 Å². The van der Waals surface area contributed by atoms with E-state index in [2.05, 4.69) is 31.4 Å². The van der Waals surface area contributed by atoms with Crippen LogP contribution in [0, 0.1) is 11.8 Å². The predicted octanol–water partition coefficient (Wildman–Crippen LogP) is 2.32. The van der Waals surface area contributed by atoms with Gasteiger partial charge in [-0.25, -0.2) is 0 Å². The van der Waals surface area contributed by atoms with Crippen molar-refractivity contribution in [2.24, 2.45) is 11.8 Å². The van der Waals surface area contributed by atoms with E-state index in [-0.39, 0.29) is 11.9 Å². The van der Waals surface area contributed by atoms with Gasteiger partial charge in [0, 0.05) is 13.1 Å². The van der Waals surface area contributed by atoms with Crippen molar-refractivity contribution in [1.82, 2.24) is 10.6 Å². The number of rotatable bonds is 6. The number of hydrogen-bond acceptors (Lipinski definition) is 2. The summed E-state index contributed by atoms with van der Waals surface area (Å²) >= 11 is 0. The number of hydrogen-bond donors (Lipinski definition) is 2. The van der Waals surface area contributed by atoms with Crippen LogP contribution in [-0.4, -0.2) is 25.0 Å². The minimum atomic E-state index is -0.0165. The van der Waals surface area contributed by atoms with Gasteiger partial charge in [-0.3, -0.25) is 4.79 Å². The Hall–Kier alpha value is -0.570. The fourth-order valence-corrected chi connectivity index (χ4v) is 2.90. The smallest absolute Gasteiger partial charge is 0.236 e. The minimum absolute atomic E-state index is 0.0165. The van der Waals surface area contributed by atoms with E-state index >= 15 is 0 Å². The molecule has 0 aromatic carbocycles. The SMILES string of the molecule is CCC1CCCC1NC(CC(C)C)C(=O)NC. The number of carbonyl (C=O) groups excluding carboxylic acids is 1. The first-order valence-electron chi connectivity index (χ1n) is 7.06. The summed E-state index contributed by atoms with van der Waals surface area (Å²) in [5.41, 5.74) is 0. The molecule has 1 amide bonds. The molecular formula is C14H28N2O. The van der Waals surface area contributed by atoms with Crippen molar-refractivity contribution in [1.29, 1.82) is 0 Å². The Morgan fingerprint density at radius 3 is 2.59 bits per heavy atom. The molecule has 0 bridgehead atoms. The van der Waals surface area contributed by atoms with Crippen LogP contribution in [0.3, 0.4) is 0 Å². The van der Waals surface area contributed by atoms with Gasteiger partial charge < -0.3 is 10.6 Å². The molecule has 1 saturated carbocycles. The molecule has 0 aliphatic heterocycles. The average Bonchev–Trinajstić information content (AvgIpc) is 2.73. The largest absolute Gasteiger partial charge is 0.358 e. The van der Waals surface area contributed by atoms with Crippen molar-refractivity contribution in [2.45, 2.75) is 65.0 Å². The molecule has 3 nitrogen and oxygen atoms in total. The van der Waals surface area contributed by atoms with Crippen molar-refractivity contribution in [3.8, 4) is 0 Å². The van der Waals surface area contributed by atoms with Gasteiger partial charge in [-0.2, -0.15) is 0 Å². The molecule has 1 fully saturated rings. The Labute approximate surface area is 106 Å². The summed E-state index contributed by atoms with van der Waals surface area (Å²) in [6, 6.07) is 0.526. The van der Waals surface area contributed by atoms with Crippen molar-refractivity contribution in [2.75, 3.05) is 7.05 Å². The van der Waals surface area contributed by atoms with E-state index in [9.17, 15) is 4.79 Å². The van der Waals surface area contributed by atoms with E-state index in [1.54, 1.807) is 7.05 Å². The monoisotopic (exact) mass is 240 g/mol. The topological polar surface area (TPSA) is 41.1 Å². The highest BCUT2D eigenvalue weighted by Gasteiger charge is 2.29. The molecule has 0 spiro atoms. The van der Waals surface area contributed by atoms with Crippen LogP contribution in [0.1, 0.15) is 52.9 Å². The zero-order valence-electron chi connectivity index (χ0n) is 11.8. The summed E-state index contributed by atoms with van der Waals surface area (Å²) in [6.07, 6.45) is 5.99. The summed E-state index contributed by atoms with van der Waals surface area (Å²) in [7, 11) is 1.73. The summed E-state index contributed by atoms with van der Waals surface area (Å²) in [6.45, 7) is 6.59. The molecule has 0 aromatic rings. The number of likely N-dealkylation sites (N-methyl/N-ethyl adjacent to an activating group) is 1. The number of nitrogens with one attached hydrogen (secondary N) is 2. The van der Waals surface area contributed by atoms with E-state index in [1.165, 1.54) is 25.7 Å². The first-order chi connectivity index (χ1) is 8.08. The van der Waals surface area contributed by atoms with Crippen LogP contribution in [0.5, 0.6) is 0 Å². The Balaban J connectivity index is 2.55. The fraction of sp³-hybridized carbons (Fsp3) is 0.929. The van der Waals surface area contributed by atoms with E-state index in [0.717, 1.165) is 12.3 Å². The molecule has 2 N–H and O–H groups in total. The Kier molecular flexibility index (Phi) is 5.96. The molecule has 0 aromatic heterocycles. The lowest BCUT2D eigenvalue weighted by Crippen LogP contribution is -2.49. The summed E-state index contributed by atoms with van der Waals surface area (Å²) in [5, 5.41) is 6.36. The van der Waals surface area contributed by atoms with Crippen LogP contribution < -0.4 is 10.6 Å². The lowest BCUT2D eigenvalue weighted by atomic mass is 9.97. The van der Waals surface area contributed by atoms with Gasteiger partial charge in [0.25, 0.3) is 0 Å². The van der Waals surface area contributed by atoms with Gasteiger partial charge in [-0.15, -0.1) is 0 Å². The van der Waals surface area contributed by atoms with Gasteiger partial charge in [0.2, 0.25) is 5.91 Å².